The molecular weight excluding hydrogens is 300 g/mol. The molecule has 110 valence electrons. The van der Waals surface area contributed by atoms with Crippen molar-refractivity contribution in [3.63, 3.8) is 0 Å². The molecule has 1 fully saturated rings. The molecular formula is C13H16O5S2. The number of ether oxygens (including phenoxy) is 1. The number of hydrogen-bond acceptors (Lipinski definition) is 6. The van der Waals surface area contributed by atoms with Crippen LogP contribution in [0.5, 0.6) is 0 Å². The summed E-state index contributed by atoms with van der Waals surface area (Å²) in [6, 6.07) is 3.26. The van der Waals surface area contributed by atoms with Crippen LogP contribution in [-0.4, -0.2) is 38.3 Å². The van der Waals surface area contributed by atoms with Crippen LogP contribution in [0.3, 0.4) is 0 Å². The second kappa shape index (κ2) is 6.05. The fraction of sp³-hybridized carbons (Fsp3) is 0.538. The van der Waals surface area contributed by atoms with E-state index in [1.807, 2.05) is 0 Å². The largest absolute Gasteiger partial charge is 0.469 e. The Balaban J connectivity index is 2.15. The van der Waals surface area contributed by atoms with E-state index in [0.717, 1.165) is 17.8 Å². The first kappa shape index (κ1) is 15.2. The second-order valence-electron chi connectivity index (χ2n) is 4.73. The summed E-state index contributed by atoms with van der Waals surface area (Å²) in [5, 5.41) is -0.916. The molecule has 1 aliphatic heterocycles. The lowest BCUT2D eigenvalue weighted by Gasteiger charge is -2.20. The van der Waals surface area contributed by atoms with Crippen LogP contribution in [-0.2, 0) is 25.8 Å². The number of carbonyl (C=O) groups is 2. The fourth-order valence-corrected chi connectivity index (χ4v) is 5.16. The third-order valence-corrected chi connectivity index (χ3v) is 6.60. The molecule has 7 heteroatoms. The Morgan fingerprint density at radius 3 is 2.75 bits per heavy atom. The number of thiophene rings is 1. The van der Waals surface area contributed by atoms with E-state index < -0.39 is 15.1 Å². The van der Waals surface area contributed by atoms with Crippen molar-refractivity contribution < 1.29 is 22.7 Å². The molecule has 0 saturated carbocycles. The molecule has 2 rings (SSSR count). The van der Waals surface area contributed by atoms with Gasteiger partial charge in [-0.2, -0.15) is 0 Å². The monoisotopic (exact) mass is 316 g/mol. The highest BCUT2D eigenvalue weighted by atomic mass is 32.2. The molecule has 20 heavy (non-hydrogen) atoms. The van der Waals surface area contributed by atoms with E-state index in [1.165, 1.54) is 7.11 Å². The summed E-state index contributed by atoms with van der Waals surface area (Å²) in [5.41, 5.74) is 0. The van der Waals surface area contributed by atoms with Gasteiger partial charge in [-0.05, 0) is 25.0 Å². The highest BCUT2D eigenvalue weighted by Crippen LogP contribution is 2.26. The molecule has 1 unspecified atom stereocenters. The molecule has 1 aromatic heterocycles. The van der Waals surface area contributed by atoms with E-state index in [0.29, 0.717) is 22.6 Å². The van der Waals surface area contributed by atoms with E-state index in [4.69, 9.17) is 0 Å². The lowest BCUT2D eigenvalue weighted by atomic mass is 10.1. The van der Waals surface area contributed by atoms with Gasteiger partial charge in [-0.1, -0.05) is 6.42 Å². The van der Waals surface area contributed by atoms with Gasteiger partial charge in [-0.15, -0.1) is 11.3 Å². The third kappa shape index (κ3) is 3.27. The number of carbonyl (C=O) groups excluding carboxylic acids is 2. The predicted octanol–water partition coefficient (Wildman–Crippen LogP) is 1.61. The van der Waals surface area contributed by atoms with Gasteiger partial charge in [0.1, 0.15) is 5.25 Å². The molecule has 1 atom stereocenters. The van der Waals surface area contributed by atoms with Gasteiger partial charge in [0.2, 0.25) is 0 Å². The van der Waals surface area contributed by atoms with Gasteiger partial charge in [0.05, 0.1) is 24.2 Å². The van der Waals surface area contributed by atoms with Crippen LogP contribution in [0.4, 0.5) is 0 Å². The zero-order valence-electron chi connectivity index (χ0n) is 11.1. The number of ketones is 1. The molecule has 0 amide bonds. The molecule has 0 bridgehead atoms. The van der Waals surface area contributed by atoms with Crippen LogP contribution < -0.4 is 0 Å². The Hall–Kier alpha value is -1.21. The van der Waals surface area contributed by atoms with Gasteiger partial charge < -0.3 is 4.74 Å². The van der Waals surface area contributed by atoms with Crippen molar-refractivity contribution in [2.24, 2.45) is 0 Å². The van der Waals surface area contributed by atoms with Crippen molar-refractivity contribution in [2.75, 3.05) is 12.9 Å². The molecule has 1 saturated heterocycles. The summed E-state index contributed by atoms with van der Waals surface area (Å²) in [7, 11) is -2.02. The molecule has 1 aromatic rings. The van der Waals surface area contributed by atoms with Gasteiger partial charge in [0.25, 0.3) is 0 Å². The van der Waals surface area contributed by atoms with Crippen molar-refractivity contribution in [3.8, 4) is 0 Å². The summed E-state index contributed by atoms with van der Waals surface area (Å²) < 4.78 is 28.4. The number of hydrogen-bond donors (Lipinski definition) is 0. The fourth-order valence-electron chi connectivity index (χ4n) is 2.23. The molecule has 0 aromatic carbocycles. The molecule has 0 N–H and O–H groups in total. The lowest BCUT2D eigenvalue weighted by molar-refractivity contribution is -0.139. The van der Waals surface area contributed by atoms with Crippen LogP contribution in [0.15, 0.2) is 12.1 Å². The van der Waals surface area contributed by atoms with Crippen molar-refractivity contribution in [1.82, 2.24) is 0 Å². The summed E-state index contributed by atoms with van der Waals surface area (Å²) in [6.07, 6.45) is 1.89. The first-order chi connectivity index (χ1) is 9.44. The van der Waals surface area contributed by atoms with Gasteiger partial charge in [-0.25, -0.2) is 8.42 Å². The molecule has 2 heterocycles. The van der Waals surface area contributed by atoms with E-state index in [9.17, 15) is 18.0 Å². The Bertz CT molecular complexity index is 614. The molecule has 0 spiro atoms. The lowest BCUT2D eigenvalue weighted by Crippen LogP contribution is -2.35. The maximum atomic E-state index is 12.3. The van der Waals surface area contributed by atoms with Crippen LogP contribution in [0, 0.1) is 0 Å². The predicted molar refractivity (Wildman–Crippen MR) is 75.8 cm³/mol. The van der Waals surface area contributed by atoms with Gasteiger partial charge in [-0.3, -0.25) is 9.59 Å². The van der Waals surface area contributed by atoms with Crippen LogP contribution >= 0.6 is 11.3 Å². The quantitative estimate of drug-likeness (QED) is 0.623. The Kier molecular flexibility index (Phi) is 4.59. The van der Waals surface area contributed by atoms with Gasteiger partial charge in [0, 0.05) is 4.88 Å². The maximum absolute atomic E-state index is 12.3. The zero-order valence-corrected chi connectivity index (χ0v) is 12.8. The molecule has 5 nitrogen and oxygen atoms in total. The van der Waals surface area contributed by atoms with Crippen LogP contribution in [0.25, 0.3) is 0 Å². The van der Waals surface area contributed by atoms with Crippen molar-refractivity contribution in [1.29, 1.82) is 0 Å². The summed E-state index contributed by atoms with van der Waals surface area (Å²) >= 11 is 1.16. The van der Waals surface area contributed by atoms with Crippen molar-refractivity contribution in [3.05, 3.63) is 21.9 Å². The standard InChI is InChI=1S/C13H16O5S2/c1-18-12(14)8-9-5-6-10(19-9)13(15)11-4-2-3-7-20(11,16)17/h5-6,11H,2-4,7-8H2,1H3. The topological polar surface area (TPSA) is 77.5 Å². The maximum Gasteiger partial charge on any atom is 0.310 e. The number of methoxy groups -OCH3 is 1. The minimum Gasteiger partial charge on any atom is -0.469 e. The highest BCUT2D eigenvalue weighted by molar-refractivity contribution is 7.92. The Labute approximate surface area is 121 Å². The summed E-state index contributed by atoms with van der Waals surface area (Å²) in [4.78, 5) is 24.6. The minimum atomic E-state index is -3.32. The van der Waals surface area contributed by atoms with Crippen LogP contribution in [0.1, 0.15) is 33.8 Å². The van der Waals surface area contributed by atoms with Gasteiger partial charge >= 0.3 is 5.97 Å². The SMILES string of the molecule is COC(=O)Cc1ccc(C(=O)C2CCCCS2(=O)=O)s1. The second-order valence-corrected chi connectivity index (χ2v) is 8.21. The Morgan fingerprint density at radius 2 is 2.10 bits per heavy atom. The summed E-state index contributed by atoms with van der Waals surface area (Å²) in [5.74, 6) is -0.633. The Morgan fingerprint density at radius 1 is 1.35 bits per heavy atom. The van der Waals surface area contributed by atoms with E-state index in [-0.39, 0.29) is 23.9 Å². The average molecular weight is 316 g/mol. The van der Waals surface area contributed by atoms with E-state index in [2.05, 4.69) is 4.74 Å². The molecule has 0 aliphatic carbocycles. The van der Waals surface area contributed by atoms with Gasteiger partial charge in [0.15, 0.2) is 15.6 Å². The summed E-state index contributed by atoms with van der Waals surface area (Å²) in [6.45, 7) is 0. The van der Waals surface area contributed by atoms with Crippen LogP contribution in [0.2, 0.25) is 0 Å². The smallest absolute Gasteiger partial charge is 0.310 e. The number of Topliss-reactive ketones (excluding diaryl/α,β-unsaturated/α-hetero) is 1. The van der Waals surface area contributed by atoms with E-state index >= 15 is 0 Å². The number of rotatable bonds is 4. The van der Waals surface area contributed by atoms with E-state index in [1.54, 1.807) is 12.1 Å². The number of esters is 1. The molecule has 1 aliphatic rings. The first-order valence-corrected chi connectivity index (χ1v) is 8.88. The normalized spacial score (nSPS) is 21.4. The number of sulfone groups is 1. The average Bonchev–Trinajstić information content (AvgIpc) is 2.86. The van der Waals surface area contributed by atoms with Crippen molar-refractivity contribution in [2.45, 2.75) is 30.9 Å². The molecule has 0 radical (unpaired) electrons. The van der Waals surface area contributed by atoms with Crippen molar-refractivity contribution >= 4 is 32.9 Å². The zero-order chi connectivity index (χ0) is 14.8. The third-order valence-electron chi connectivity index (χ3n) is 3.32. The first-order valence-electron chi connectivity index (χ1n) is 6.35. The highest BCUT2D eigenvalue weighted by Gasteiger charge is 2.35. The minimum absolute atomic E-state index is 0.0871.